The topological polar surface area (TPSA) is 39.1 Å². The van der Waals surface area contributed by atoms with Gasteiger partial charge in [-0.15, -0.1) is 0 Å². The summed E-state index contributed by atoms with van der Waals surface area (Å²) in [6, 6.07) is 5.83. The summed E-state index contributed by atoms with van der Waals surface area (Å²) in [6.45, 7) is 2.96. The molecule has 4 nitrogen and oxygen atoms in total. The first-order valence-corrected chi connectivity index (χ1v) is 8.02. The molecular weight excluding hydrogens is 354 g/mol. The second-order valence-electron chi connectivity index (χ2n) is 4.69. The van der Waals surface area contributed by atoms with E-state index in [1.807, 2.05) is 29.9 Å². The number of halogens is 2. The van der Waals surface area contributed by atoms with Crippen molar-refractivity contribution in [2.24, 2.45) is 0 Å². The molecule has 6 heteroatoms. The SMILES string of the molecule is CCCn1ncc(OC)c1C(NC)c1cccc(Br)c1Cl. The maximum Gasteiger partial charge on any atom is 0.161 e. The highest BCUT2D eigenvalue weighted by Gasteiger charge is 2.24. The van der Waals surface area contributed by atoms with Crippen molar-refractivity contribution in [3.8, 4) is 5.75 Å². The minimum atomic E-state index is -0.0843. The van der Waals surface area contributed by atoms with E-state index in [9.17, 15) is 0 Å². The lowest BCUT2D eigenvalue weighted by molar-refractivity contribution is 0.400. The van der Waals surface area contributed by atoms with Crippen LogP contribution in [-0.4, -0.2) is 23.9 Å². The molecule has 0 bridgehead atoms. The van der Waals surface area contributed by atoms with E-state index in [4.69, 9.17) is 16.3 Å². The number of benzene rings is 1. The number of ether oxygens (including phenoxy) is 1. The fourth-order valence-electron chi connectivity index (χ4n) is 2.40. The third-order valence-corrected chi connectivity index (χ3v) is 4.67. The number of hydrogen-bond donors (Lipinski definition) is 1. The Morgan fingerprint density at radius 1 is 1.48 bits per heavy atom. The average Bonchev–Trinajstić information content (AvgIpc) is 2.88. The molecule has 0 spiro atoms. The first kappa shape index (κ1) is 16.3. The van der Waals surface area contributed by atoms with Gasteiger partial charge in [0, 0.05) is 11.0 Å². The third-order valence-electron chi connectivity index (χ3n) is 3.35. The molecule has 114 valence electrons. The molecule has 1 aromatic heterocycles. The lowest BCUT2D eigenvalue weighted by Crippen LogP contribution is -2.22. The highest BCUT2D eigenvalue weighted by Crippen LogP contribution is 2.36. The van der Waals surface area contributed by atoms with Crippen LogP contribution in [0.5, 0.6) is 5.75 Å². The van der Waals surface area contributed by atoms with Crippen molar-refractivity contribution in [2.45, 2.75) is 25.9 Å². The Kier molecular flexibility index (Phi) is 5.67. The molecule has 1 heterocycles. The monoisotopic (exact) mass is 371 g/mol. The molecule has 0 fully saturated rings. The van der Waals surface area contributed by atoms with Crippen LogP contribution in [0.25, 0.3) is 0 Å². The van der Waals surface area contributed by atoms with Gasteiger partial charge in [0.1, 0.15) is 5.69 Å². The van der Waals surface area contributed by atoms with Crippen molar-refractivity contribution in [3.05, 3.63) is 45.1 Å². The molecule has 1 atom stereocenters. The highest BCUT2D eigenvalue weighted by molar-refractivity contribution is 9.10. The molecule has 0 aliphatic rings. The van der Waals surface area contributed by atoms with Crippen LogP contribution in [0.3, 0.4) is 0 Å². The maximum absolute atomic E-state index is 6.45. The standard InChI is InChI=1S/C15H19BrClN3O/c1-4-8-20-15(12(21-3)9-19-20)14(18-2)10-6-5-7-11(16)13(10)17/h5-7,9,14,18H,4,8H2,1-3H3. The van der Waals surface area contributed by atoms with Gasteiger partial charge < -0.3 is 10.1 Å². The predicted octanol–water partition coefficient (Wildman–Crippen LogP) is 4.03. The van der Waals surface area contributed by atoms with E-state index in [1.165, 1.54) is 0 Å². The summed E-state index contributed by atoms with van der Waals surface area (Å²) in [6.07, 6.45) is 2.75. The van der Waals surface area contributed by atoms with E-state index in [0.717, 1.165) is 34.4 Å². The van der Waals surface area contributed by atoms with Gasteiger partial charge in [0.2, 0.25) is 0 Å². The Bertz CT molecular complexity index is 615. The first-order chi connectivity index (χ1) is 10.1. The van der Waals surface area contributed by atoms with E-state index < -0.39 is 0 Å². The molecule has 0 radical (unpaired) electrons. The summed E-state index contributed by atoms with van der Waals surface area (Å²) >= 11 is 9.93. The first-order valence-electron chi connectivity index (χ1n) is 6.84. The zero-order valence-electron chi connectivity index (χ0n) is 12.4. The summed E-state index contributed by atoms with van der Waals surface area (Å²) < 4.78 is 8.32. The largest absolute Gasteiger partial charge is 0.493 e. The van der Waals surface area contributed by atoms with E-state index in [-0.39, 0.29) is 6.04 Å². The molecule has 1 unspecified atom stereocenters. The van der Waals surface area contributed by atoms with Gasteiger partial charge in [-0.05, 0) is 41.0 Å². The van der Waals surface area contributed by atoms with Crippen molar-refractivity contribution in [3.63, 3.8) is 0 Å². The van der Waals surface area contributed by atoms with Crippen LogP contribution in [0.4, 0.5) is 0 Å². The minimum absolute atomic E-state index is 0.0843. The van der Waals surface area contributed by atoms with Crippen molar-refractivity contribution in [1.82, 2.24) is 15.1 Å². The quantitative estimate of drug-likeness (QED) is 0.832. The van der Waals surface area contributed by atoms with Gasteiger partial charge in [-0.1, -0.05) is 30.7 Å². The Labute approximate surface area is 138 Å². The Morgan fingerprint density at radius 3 is 2.86 bits per heavy atom. The number of nitrogens with zero attached hydrogens (tertiary/aromatic N) is 2. The van der Waals surface area contributed by atoms with Crippen LogP contribution in [0.15, 0.2) is 28.9 Å². The summed E-state index contributed by atoms with van der Waals surface area (Å²) in [5.74, 6) is 0.763. The van der Waals surface area contributed by atoms with Crippen LogP contribution in [-0.2, 0) is 6.54 Å². The smallest absolute Gasteiger partial charge is 0.161 e. The van der Waals surface area contributed by atoms with Crippen molar-refractivity contribution < 1.29 is 4.74 Å². The summed E-state index contributed by atoms with van der Waals surface area (Å²) in [5.41, 5.74) is 1.98. The molecule has 0 aliphatic heterocycles. The molecule has 2 rings (SSSR count). The maximum atomic E-state index is 6.45. The van der Waals surface area contributed by atoms with Gasteiger partial charge in [-0.3, -0.25) is 4.68 Å². The Hall–Kier alpha value is -1.04. The highest BCUT2D eigenvalue weighted by atomic mass is 79.9. The number of nitrogens with one attached hydrogen (secondary N) is 1. The van der Waals surface area contributed by atoms with E-state index in [0.29, 0.717) is 5.02 Å². The number of hydrogen-bond acceptors (Lipinski definition) is 3. The third kappa shape index (κ3) is 3.25. The van der Waals surface area contributed by atoms with Crippen LogP contribution in [0.2, 0.25) is 5.02 Å². The van der Waals surface area contributed by atoms with Crippen LogP contribution >= 0.6 is 27.5 Å². The summed E-state index contributed by atoms with van der Waals surface area (Å²) in [7, 11) is 3.57. The van der Waals surface area contributed by atoms with Gasteiger partial charge >= 0.3 is 0 Å². The van der Waals surface area contributed by atoms with Gasteiger partial charge in [0.25, 0.3) is 0 Å². The number of aryl methyl sites for hydroxylation is 1. The van der Waals surface area contributed by atoms with Gasteiger partial charge in [0.05, 0.1) is 24.4 Å². The second kappa shape index (κ2) is 7.29. The van der Waals surface area contributed by atoms with Crippen LogP contribution in [0.1, 0.15) is 30.6 Å². The lowest BCUT2D eigenvalue weighted by Gasteiger charge is -2.21. The number of rotatable bonds is 6. The van der Waals surface area contributed by atoms with Gasteiger partial charge in [0.15, 0.2) is 5.75 Å². The molecule has 2 aromatic rings. The average molecular weight is 373 g/mol. The lowest BCUT2D eigenvalue weighted by atomic mass is 10.0. The van der Waals surface area contributed by atoms with Crippen molar-refractivity contribution in [1.29, 1.82) is 0 Å². The number of aromatic nitrogens is 2. The number of methoxy groups -OCH3 is 1. The predicted molar refractivity (Wildman–Crippen MR) is 89.1 cm³/mol. The summed E-state index contributed by atoms with van der Waals surface area (Å²) in [5, 5.41) is 8.43. The molecule has 1 N–H and O–H groups in total. The molecule has 0 saturated heterocycles. The molecule has 1 aromatic carbocycles. The van der Waals surface area contributed by atoms with Crippen LogP contribution in [0, 0.1) is 0 Å². The normalized spacial score (nSPS) is 12.4. The molecule has 0 saturated carbocycles. The zero-order valence-corrected chi connectivity index (χ0v) is 14.7. The molecular formula is C15H19BrClN3O. The summed E-state index contributed by atoms with van der Waals surface area (Å²) in [4.78, 5) is 0. The molecule has 21 heavy (non-hydrogen) atoms. The minimum Gasteiger partial charge on any atom is -0.493 e. The zero-order chi connectivity index (χ0) is 15.4. The second-order valence-corrected chi connectivity index (χ2v) is 5.92. The van der Waals surface area contributed by atoms with Crippen molar-refractivity contribution >= 4 is 27.5 Å². The van der Waals surface area contributed by atoms with E-state index >= 15 is 0 Å². The van der Waals surface area contributed by atoms with E-state index in [2.05, 4.69) is 33.3 Å². The van der Waals surface area contributed by atoms with E-state index in [1.54, 1.807) is 13.3 Å². The van der Waals surface area contributed by atoms with Crippen LogP contribution < -0.4 is 10.1 Å². The fourth-order valence-corrected chi connectivity index (χ4v) is 3.02. The van der Waals surface area contributed by atoms with Gasteiger partial charge in [-0.2, -0.15) is 5.10 Å². The van der Waals surface area contributed by atoms with Crippen molar-refractivity contribution in [2.75, 3.05) is 14.2 Å². The Balaban J connectivity index is 2.55. The fraction of sp³-hybridized carbons (Fsp3) is 0.400. The molecule has 0 amide bonds. The Morgan fingerprint density at radius 2 is 2.24 bits per heavy atom. The van der Waals surface area contributed by atoms with Gasteiger partial charge in [-0.25, -0.2) is 0 Å². The molecule has 0 aliphatic carbocycles.